The van der Waals surface area contributed by atoms with E-state index in [-0.39, 0.29) is 18.1 Å². The fourth-order valence-corrected chi connectivity index (χ4v) is 2.46. The molecule has 0 saturated heterocycles. The lowest BCUT2D eigenvalue weighted by Crippen LogP contribution is -2.01. The van der Waals surface area contributed by atoms with Gasteiger partial charge < -0.3 is 4.52 Å². The van der Waals surface area contributed by atoms with Crippen LogP contribution in [0.4, 0.5) is 0 Å². The minimum atomic E-state index is 0.0416. The first-order valence-electron chi connectivity index (χ1n) is 6.11. The fourth-order valence-electron chi connectivity index (χ4n) is 2.46. The molecule has 0 atom stereocenters. The van der Waals surface area contributed by atoms with E-state index < -0.39 is 0 Å². The predicted octanol–water partition coefficient (Wildman–Crippen LogP) is 2.08. The molecule has 0 bridgehead atoms. The van der Waals surface area contributed by atoms with E-state index in [1.54, 1.807) is 0 Å². The van der Waals surface area contributed by atoms with Crippen LogP contribution in [0.15, 0.2) is 28.8 Å². The zero-order valence-corrected chi connectivity index (χ0v) is 10.2. The highest BCUT2D eigenvalue weighted by molar-refractivity contribution is 5.77. The van der Waals surface area contributed by atoms with Gasteiger partial charge in [-0.15, -0.1) is 0 Å². The molecule has 4 nitrogen and oxygen atoms in total. The van der Waals surface area contributed by atoms with Crippen LogP contribution in [0.2, 0.25) is 0 Å². The van der Waals surface area contributed by atoms with Crippen molar-refractivity contribution in [2.24, 2.45) is 0 Å². The Morgan fingerprint density at radius 2 is 2.00 bits per heavy atom. The van der Waals surface area contributed by atoms with Gasteiger partial charge in [0, 0.05) is 5.92 Å². The zero-order valence-electron chi connectivity index (χ0n) is 10.2. The van der Waals surface area contributed by atoms with Gasteiger partial charge in [-0.3, -0.25) is 4.79 Å². The van der Waals surface area contributed by atoms with Gasteiger partial charge in [-0.1, -0.05) is 29.4 Å². The van der Waals surface area contributed by atoms with Crippen molar-refractivity contribution in [3.63, 3.8) is 0 Å². The maximum Gasteiger partial charge on any atom is 0.234 e. The van der Waals surface area contributed by atoms with Crippen LogP contribution in [0.25, 0.3) is 0 Å². The number of fused-ring (bicyclic) bond motifs is 1. The van der Waals surface area contributed by atoms with Gasteiger partial charge >= 0.3 is 0 Å². The average Bonchev–Trinajstić information content (AvgIpc) is 2.93. The Hall–Kier alpha value is -1.97. The van der Waals surface area contributed by atoms with Gasteiger partial charge in [-0.05, 0) is 30.9 Å². The highest BCUT2D eigenvalue weighted by atomic mass is 16.5. The molecule has 18 heavy (non-hydrogen) atoms. The summed E-state index contributed by atoms with van der Waals surface area (Å²) >= 11 is 0. The van der Waals surface area contributed by atoms with Crippen molar-refractivity contribution in [3.05, 3.63) is 47.1 Å². The molecule has 1 aliphatic carbocycles. The summed E-state index contributed by atoms with van der Waals surface area (Å²) in [6.07, 6.45) is 2.14. The molecule has 1 aliphatic rings. The van der Waals surface area contributed by atoms with Crippen LogP contribution in [-0.4, -0.2) is 15.9 Å². The second-order valence-corrected chi connectivity index (χ2v) is 4.80. The smallest absolute Gasteiger partial charge is 0.234 e. The molecule has 0 N–H and O–H groups in total. The van der Waals surface area contributed by atoms with Crippen LogP contribution in [0.3, 0.4) is 0 Å². The third kappa shape index (κ3) is 2.06. The topological polar surface area (TPSA) is 56.0 Å². The Morgan fingerprint density at radius 1 is 1.33 bits per heavy atom. The number of carbonyl (C=O) groups is 1. The normalized spacial score (nSPS) is 14.7. The van der Waals surface area contributed by atoms with Gasteiger partial charge in [0.2, 0.25) is 5.89 Å². The predicted molar refractivity (Wildman–Crippen MR) is 65.3 cm³/mol. The maximum absolute atomic E-state index is 11.0. The Morgan fingerprint density at radius 3 is 2.61 bits per heavy atom. The lowest BCUT2D eigenvalue weighted by Gasteiger charge is -2.00. The summed E-state index contributed by atoms with van der Waals surface area (Å²) in [5, 5.41) is 4.00. The van der Waals surface area contributed by atoms with E-state index in [1.165, 1.54) is 18.1 Å². The van der Waals surface area contributed by atoms with Crippen molar-refractivity contribution in [3.8, 4) is 0 Å². The molecule has 92 valence electrons. The van der Waals surface area contributed by atoms with Gasteiger partial charge in [0.15, 0.2) is 5.82 Å². The van der Waals surface area contributed by atoms with E-state index in [1.807, 2.05) is 0 Å². The van der Waals surface area contributed by atoms with Gasteiger partial charge in [0.05, 0.1) is 6.42 Å². The average molecular weight is 242 g/mol. The molecule has 0 spiro atoms. The van der Waals surface area contributed by atoms with E-state index in [4.69, 9.17) is 4.52 Å². The molecule has 1 heterocycles. The quantitative estimate of drug-likeness (QED) is 0.827. The number of nitrogens with zero attached hydrogens (tertiary/aromatic N) is 2. The minimum absolute atomic E-state index is 0.0416. The summed E-state index contributed by atoms with van der Waals surface area (Å²) in [5.41, 5.74) is 2.72. The van der Waals surface area contributed by atoms with Gasteiger partial charge in [0.1, 0.15) is 5.78 Å². The van der Waals surface area contributed by atoms with Crippen molar-refractivity contribution in [2.75, 3.05) is 0 Å². The summed E-state index contributed by atoms with van der Waals surface area (Å²) < 4.78 is 5.10. The first-order chi connectivity index (χ1) is 8.72. The van der Waals surface area contributed by atoms with E-state index in [0.717, 1.165) is 18.7 Å². The standard InChI is InChI=1S/C14H14N2O2/c1-9(17)6-13-15-14(16-18-13)12-7-10-4-2-3-5-11(10)8-12/h2-5,12H,6-8H2,1H3. The second-order valence-electron chi connectivity index (χ2n) is 4.80. The third-order valence-electron chi connectivity index (χ3n) is 3.30. The van der Waals surface area contributed by atoms with Gasteiger partial charge in [0.25, 0.3) is 0 Å². The summed E-state index contributed by atoms with van der Waals surface area (Å²) in [6, 6.07) is 8.40. The lowest BCUT2D eigenvalue weighted by atomic mass is 10.1. The molecule has 3 rings (SSSR count). The molecular weight excluding hydrogens is 228 g/mol. The number of hydrogen-bond acceptors (Lipinski definition) is 4. The molecule has 1 aromatic heterocycles. The molecular formula is C14H14N2O2. The first kappa shape index (κ1) is 11.1. The van der Waals surface area contributed by atoms with Gasteiger partial charge in [-0.25, -0.2) is 0 Å². The van der Waals surface area contributed by atoms with E-state index in [2.05, 4.69) is 34.4 Å². The summed E-state index contributed by atoms with van der Waals surface area (Å²) in [6.45, 7) is 1.52. The van der Waals surface area contributed by atoms with Crippen LogP contribution >= 0.6 is 0 Å². The highest BCUT2D eigenvalue weighted by Crippen LogP contribution is 2.32. The van der Waals surface area contributed by atoms with Crippen LogP contribution in [0.1, 0.15) is 35.7 Å². The van der Waals surface area contributed by atoms with Crippen LogP contribution in [-0.2, 0) is 24.1 Å². The van der Waals surface area contributed by atoms with E-state index >= 15 is 0 Å². The highest BCUT2D eigenvalue weighted by Gasteiger charge is 2.26. The number of rotatable bonds is 3. The second kappa shape index (κ2) is 4.37. The van der Waals surface area contributed by atoms with Crippen molar-refractivity contribution in [1.29, 1.82) is 0 Å². The summed E-state index contributed by atoms with van der Waals surface area (Å²) in [5.74, 6) is 1.47. The maximum atomic E-state index is 11.0. The number of aromatic nitrogens is 2. The molecule has 4 heteroatoms. The Balaban J connectivity index is 1.78. The molecule has 0 radical (unpaired) electrons. The zero-order chi connectivity index (χ0) is 12.5. The van der Waals surface area contributed by atoms with Crippen LogP contribution in [0, 0.1) is 0 Å². The Labute approximate surface area is 105 Å². The molecule has 0 aliphatic heterocycles. The van der Waals surface area contributed by atoms with Crippen molar-refractivity contribution in [2.45, 2.75) is 32.1 Å². The number of carbonyl (C=O) groups excluding carboxylic acids is 1. The molecule has 0 saturated carbocycles. The third-order valence-corrected chi connectivity index (χ3v) is 3.30. The largest absolute Gasteiger partial charge is 0.339 e. The van der Waals surface area contributed by atoms with E-state index in [0.29, 0.717) is 5.89 Å². The fraction of sp³-hybridized carbons (Fsp3) is 0.357. The van der Waals surface area contributed by atoms with Crippen molar-refractivity contribution >= 4 is 5.78 Å². The summed E-state index contributed by atoms with van der Waals surface area (Å²) in [7, 11) is 0. The van der Waals surface area contributed by atoms with E-state index in [9.17, 15) is 4.79 Å². The van der Waals surface area contributed by atoms with Crippen molar-refractivity contribution in [1.82, 2.24) is 10.1 Å². The van der Waals surface area contributed by atoms with Gasteiger partial charge in [-0.2, -0.15) is 4.98 Å². The monoisotopic (exact) mass is 242 g/mol. The number of hydrogen-bond donors (Lipinski definition) is 0. The molecule has 0 unspecified atom stereocenters. The first-order valence-corrected chi connectivity index (χ1v) is 6.11. The minimum Gasteiger partial charge on any atom is -0.339 e. The van der Waals surface area contributed by atoms with Crippen LogP contribution < -0.4 is 0 Å². The molecule has 0 amide bonds. The number of Topliss-reactive ketones (excluding diaryl/α,β-unsaturated/α-hetero) is 1. The lowest BCUT2D eigenvalue weighted by molar-refractivity contribution is -0.116. The van der Waals surface area contributed by atoms with Crippen molar-refractivity contribution < 1.29 is 9.32 Å². The Kier molecular flexibility index (Phi) is 2.70. The summed E-state index contributed by atoms with van der Waals surface area (Å²) in [4.78, 5) is 15.3. The SMILES string of the molecule is CC(=O)Cc1nc(C2Cc3ccccc3C2)no1. The molecule has 2 aromatic rings. The number of benzene rings is 1. The van der Waals surface area contributed by atoms with Crippen LogP contribution in [0.5, 0.6) is 0 Å². The molecule has 1 aromatic carbocycles. The Bertz CT molecular complexity index is 564. The molecule has 0 fully saturated rings. The number of ketones is 1.